The van der Waals surface area contributed by atoms with Gasteiger partial charge in [-0.3, -0.25) is 9.78 Å². The van der Waals surface area contributed by atoms with E-state index >= 15 is 0 Å². The Morgan fingerprint density at radius 2 is 2.02 bits per heavy atom. The van der Waals surface area contributed by atoms with E-state index in [1.165, 1.54) is 28.8 Å². The number of anilines is 1. The van der Waals surface area contributed by atoms with Crippen molar-refractivity contribution in [2.75, 3.05) is 24.5 Å². The predicted octanol–water partition coefficient (Wildman–Crippen LogP) is 4.69. The summed E-state index contributed by atoms with van der Waals surface area (Å²) in [7, 11) is 0. The lowest BCUT2D eigenvalue weighted by Gasteiger charge is -2.40. The summed E-state index contributed by atoms with van der Waals surface area (Å²) < 4.78 is 16.3. The number of phenolic OH excluding ortho intramolecular Hbond substituents is 1. The fourth-order valence-electron chi connectivity index (χ4n) is 5.11. The molecule has 9 nitrogen and oxygen atoms in total. The normalized spacial score (nSPS) is 15.6. The van der Waals surface area contributed by atoms with Gasteiger partial charge < -0.3 is 14.9 Å². The molecule has 4 aromatic rings. The van der Waals surface area contributed by atoms with Crippen molar-refractivity contribution in [3.63, 3.8) is 0 Å². The minimum Gasteiger partial charge on any atom is -0.507 e. The van der Waals surface area contributed by atoms with Gasteiger partial charge in [0.2, 0.25) is 5.91 Å². The molecule has 1 saturated heterocycles. The number of rotatable bonds is 5. The Labute approximate surface area is 235 Å². The van der Waals surface area contributed by atoms with E-state index in [2.05, 4.69) is 16.5 Å². The maximum absolute atomic E-state index is 14.9. The van der Waals surface area contributed by atoms with Crippen LogP contribution in [0.4, 0.5) is 10.2 Å². The monoisotopic (exact) mass is 562 g/mol. The number of carbonyl (C=O) groups is 1. The lowest BCUT2D eigenvalue weighted by atomic mass is 10.0. The molecule has 40 heavy (non-hydrogen) atoms. The molecule has 0 saturated carbocycles. The van der Waals surface area contributed by atoms with Crippen molar-refractivity contribution in [1.82, 2.24) is 24.4 Å². The zero-order chi connectivity index (χ0) is 28.7. The number of halogens is 2. The van der Waals surface area contributed by atoms with Gasteiger partial charge in [0.25, 0.3) is 0 Å². The molecule has 1 N–H and O–H groups in total. The lowest BCUT2D eigenvalue weighted by Crippen LogP contribution is -2.54. The van der Waals surface area contributed by atoms with Gasteiger partial charge in [-0.05, 0) is 48.7 Å². The average molecular weight is 563 g/mol. The highest BCUT2D eigenvalue weighted by Gasteiger charge is 2.30. The average Bonchev–Trinajstić information content (AvgIpc) is 2.92. The van der Waals surface area contributed by atoms with Crippen LogP contribution in [-0.2, 0) is 4.79 Å². The third-order valence-corrected chi connectivity index (χ3v) is 7.39. The molecule has 1 aliphatic rings. The van der Waals surface area contributed by atoms with Gasteiger partial charge in [0, 0.05) is 38.1 Å². The molecule has 1 atom stereocenters. The van der Waals surface area contributed by atoms with Gasteiger partial charge in [-0.2, -0.15) is 4.98 Å². The zero-order valence-electron chi connectivity index (χ0n) is 22.3. The summed E-state index contributed by atoms with van der Waals surface area (Å²) in [5.41, 5.74) is 0.748. The maximum Gasteiger partial charge on any atom is 0.355 e. The number of phenols is 1. The second kappa shape index (κ2) is 10.7. The number of aromatic nitrogens is 4. The number of fused-ring (bicyclic) bond motifs is 1. The zero-order valence-corrected chi connectivity index (χ0v) is 23.1. The van der Waals surface area contributed by atoms with Crippen LogP contribution in [0.15, 0.2) is 60.2 Å². The van der Waals surface area contributed by atoms with E-state index in [1.54, 1.807) is 29.4 Å². The number of hydrogen-bond donors (Lipinski definition) is 1. The molecule has 0 aliphatic carbocycles. The van der Waals surface area contributed by atoms with E-state index in [1.807, 2.05) is 25.7 Å². The van der Waals surface area contributed by atoms with Gasteiger partial charge in [0.1, 0.15) is 17.4 Å². The number of piperazine rings is 1. The van der Waals surface area contributed by atoms with E-state index < -0.39 is 11.5 Å². The van der Waals surface area contributed by atoms with E-state index in [0.717, 1.165) is 5.56 Å². The number of pyridine rings is 2. The summed E-state index contributed by atoms with van der Waals surface area (Å²) >= 11 is 6.68. The molecule has 1 aromatic carbocycles. The molecule has 4 heterocycles. The summed E-state index contributed by atoms with van der Waals surface area (Å²) in [6.45, 7) is 10.7. The number of benzene rings is 1. The Bertz CT molecular complexity index is 1690. The van der Waals surface area contributed by atoms with Gasteiger partial charge in [0.05, 0.1) is 27.4 Å². The van der Waals surface area contributed by atoms with E-state index in [-0.39, 0.29) is 45.5 Å². The first-order valence-electron chi connectivity index (χ1n) is 12.9. The van der Waals surface area contributed by atoms with Crippen LogP contribution in [0.1, 0.15) is 32.3 Å². The fraction of sp³-hybridized carbons (Fsp3) is 0.276. The molecule has 1 amide bonds. The van der Waals surface area contributed by atoms with Crippen molar-refractivity contribution in [3.05, 3.63) is 82.3 Å². The van der Waals surface area contributed by atoms with E-state index in [9.17, 15) is 19.1 Å². The Balaban J connectivity index is 1.80. The smallest absolute Gasteiger partial charge is 0.355 e. The lowest BCUT2D eigenvalue weighted by molar-refractivity contribution is -0.126. The van der Waals surface area contributed by atoms with Crippen LogP contribution in [0.2, 0.25) is 5.02 Å². The van der Waals surface area contributed by atoms with Gasteiger partial charge in [-0.15, -0.1) is 0 Å². The van der Waals surface area contributed by atoms with Crippen molar-refractivity contribution in [3.8, 4) is 22.7 Å². The van der Waals surface area contributed by atoms with Crippen molar-refractivity contribution >= 4 is 34.4 Å². The highest BCUT2D eigenvalue weighted by molar-refractivity contribution is 6.34. The van der Waals surface area contributed by atoms with Crippen LogP contribution in [0, 0.1) is 5.82 Å². The van der Waals surface area contributed by atoms with Crippen LogP contribution < -0.4 is 10.6 Å². The van der Waals surface area contributed by atoms with Crippen LogP contribution in [0.25, 0.3) is 28.0 Å². The summed E-state index contributed by atoms with van der Waals surface area (Å²) in [5.74, 6) is -0.838. The number of nitrogens with zero attached hydrogens (tertiary/aromatic N) is 6. The van der Waals surface area contributed by atoms with Gasteiger partial charge in [-0.25, -0.2) is 18.7 Å². The largest absolute Gasteiger partial charge is 0.507 e. The second-order valence-electron chi connectivity index (χ2n) is 10.00. The minimum atomic E-state index is -0.708. The van der Waals surface area contributed by atoms with Crippen molar-refractivity contribution in [1.29, 1.82) is 0 Å². The number of aromatic hydroxyl groups is 1. The van der Waals surface area contributed by atoms with E-state index in [4.69, 9.17) is 16.6 Å². The molecule has 0 radical (unpaired) electrons. The van der Waals surface area contributed by atoms with E-state index in [0.29, 0.717) is 36.5 Å². The van der Waals surface area contributed by atoms with Crippen molar-refractivity contribution < 1.29 is 14.3 Å². The van der Waals surface area contributed by atoms with Gasteiger partial charge in [-0.1, -0.05) is 38.1 Å². The Morgan fingerprint density at radius 3 is 2.70 bits per heavy atom. The van der Waals surface area contributed by atoms with Crippen LogP contribution in [0.3, 0.4) is 0 Å². The van der Waals surface area contributed by atoms with Gasteiger partial charge in [0.15, 0.2) is 5.65 Å². The fourth-order valence-corrected chi connectivity index (χ4v) is 5.36. The standard InChI is InChI=1S/C29H28ClFN6O3/c1-5-24(39)35-11-12-36(17(4)15-35)27-18-13-20(30)26(25-21(31)7-6-8-23(25)38)33-28(18)37(29(40)34-27)22-9-10-32-14-19(22)16(2)3/h5-10,13-14,16-17,38H,1,11-12,15H2,2-4H3/t17-/m0/s1. The third-order valence-electron chi connectivity index (χ3n) is 7.11. The summed E-state index contributed by atoms with van der Waals surface area (Å²) in [6, 6.07) is 7.03. The number of hydrogen-bond acceptors (Lipinski definition) is 7. The molecule has 1 fully saturated rings. The summed E-state index contributed by atoms with van der Waals surface area (Å²) in [6.07, 6.45) is 4.54. The molecule has 0 bridgehead atoms. The SMILES string of the molecule is C=CC(=O)N1CCN(c2nc(=O)n(-c3ccncc3C(C)C)c3nc(-c4c(O)cccc4F)c(Cl)cc23)[C@@H](C)C1. The first-order valence-corrected chi connectivity index (χ1v) is 13.2. The second-order valence-corrected chi connectivity index (χ2v) is 10.4. The highest BCUT2D eigenvalue weighted by atomic mass is 35.5. The molecule has 5 rings (SSSR count). The third kappa shape index (κ3) is 4.68. The molecule has 0 spiro atoms. The Hall–Kier alpha value is -4.31. The van der Waals surface area contributed by atoms with Crippen LogP contribution in [-0.4, -0.2) is 61.1 Å². The van der Waals surface area contributed by atoms with Crippen LogP contribution >= 0.6 is 11.6 Å². The molecule has 206 valence electrons. The number of carbonyl (C=O) groups excluding carboxylic acids is 1. The predicted molar refractivity (Wildman–Crippen MR) is 153 cm³/mol. The quantitative estimate of drug-likeness (QED) is 0.352. The van der Waals surface area contributed by atoms with Crippen LogP contribution in [0.5, 0.6) is 5.75 Å². The molecule has 11 heteroatoms. The number of amides is 1. The Morgan fingerprint density at radius 1 is 1.25 bits per heavy atom. The highest BCUT2D eigenvalue weighted by Crippen LogP contribution is 2.39. The Kier molecular flexibility index (Phi) is 7.29. The molecular weight excluding hydrogens is 535 g/mol. The molecular formula is C29H28ClFN6O3. The topological polar surface area (TPSA) is 104 Å². The first kappa shape index (κ1) is 27.3. The van der Waals surface area contributed by atoms with Crippen molar-refractivity contribution in [2.24, 2.45) is 0 Å². The minimum absolute atomic E-state index is 0.00957. The molecule has 1 aliphatic heterocycles. The van der Waals surface area contributed by atoms with Gasteiger partial charge >= 0.3 is 5.69 Å². The van der Waals surface area contributed by atoms with Crippen molar-refractivity contribution in [2.45, 2.75) is 32.7 Å². The maximum atomic E-state index is 14.9. The first-order chi connectivity index (χ1) is 19.1. The molecule has 0 unspecified atom stereocenters. The summed E-state index contributed by atoms with van der Waals surface area (Å²) in [4.78, 5) is 43.1. The summed E-state index contributed by atoms with van der Waals surface area (Å²) in [5, 5.41) is 11.0. The molecule has 3 aromatic heterocycles.